The Morgan fingerprint density at radius 1 is 1.78 bits per heavy atom. The van der Waals surface area contributed by atoms with Gasteiger partial charge in [-0.2, -0.15) is 0 Å². The normalized spacial score (nSPS) is 13.1. The van der Waals surface area contributed by atoms with Crippen LogP contribution in [0.1, 0.15) is 12.8 Å². The Labute approximate surface area is 52.7 Å². The van der Waals surface area contributed by atoms with E-state index in [0.717, 1.165) is 0 Å². The molecule has 0 rings (SSSR count). The summed E-state index contributed by atoms with van der Waals surface area (Å²) < 4.78 is 11.5. The zero-order valence-electron chi connectivity index (χ0n) is 5.01. The van der Waals surface area contributed by atoms with Crippen molar-refractivity contribution in [2.24, 2.45) is 5.73 Å². The first-order valence-corrected chi connectivity index (χ1v) is 2.70. The van der Waals surface area contributed by atoms with Crippen molar-refractivity contribution in [1.82, 2.24) is 0 Å². The van der Waals surface area contributed by atoms with E-state index in [1.165, 1.54) is 0 Å². The van der Waals surface area contributed by atoms with Crippen LogP contribution in [0, 0.1) is 0 Å². The lowest BCUT2D eigenvalue weighted by molar-refractivity contribution is -0.137. The van der Waals surface area contributed by atoms with Crippen LogP contribution in [0.5, 0.6) is 0 Å². The van der Waals surface area contributed by atoms with Crippen LogP contribution in [0.4, 0.5) is 4.39 Å². The molecule has 0 aromatic heterocycles. The molecule has 0 aliphatic carbocycles. The number of aliphatic carboxylic acids is 1. The van der Waals surface area contributed by atoms with E-state index in [1.807, 2.05) is 0 Å². The van der Waals surface area contributed by atoms with Gasteiger partial charge in [0.15, 0.2) is 0 Å². The zero-order valence-corrected chi connectivity index (χ0v) is 5.01. The first-order valence-electron chi connectivity index (χ1n) is 2.70. The number of carboxylic acids is 1. The molecule has 9 heavy (non-hydrogen) atoms. The summed E-state index contributed by atoms with van der Waals surface area (Å²) in [5.41, 5.74) is 5.08. The summed E-state index contributed by atoms with van der Waals surface area (Å²) in [5, 5.41) is 8.08. The van der Waals surface area contributed by atoms with Crippen molar-refractivity contribution in [2.45, 2.75) is 18.9 Å². The second-order valence-corrected chi connectivity index (χ2v) is 1.85. The van der Waals surface area contributed by atoms with Crippen LogP contribution in [-0.2, 0) is 4.79 Å². The highest BCUT2D eigenvalue weighted by atomic mass is 19.1. The fraction of sp³-hybridized carbons (Fsp3) is 0.800. The lowest BCUT2D eigenvalue weighted by atomic mass is 10.2. The second kappa shape index (κ2) is 4.26. The summed E-state index contributed by atoms with van der Waals surface area (Å²) in [6.45, 7) is -0.646. The molecule has 0 radical (unpaired) electrons. The Kier molecular flexibility index (Phi) is 3.96. The van der Waals surface area contributed by atoms with E-state index in [9.17, 15) is 9.18 Å². The zero-order chi connectivity index (χ0) is 7.28. The van der Waals surface area contributed by atoms with Gasteiger partial charge in [-0.3, -0.25) is 4.79 Å². The number of hydrogen-bond acceptors (Lipinski definition) is 2. The molecule has 3 nitrogen and oxygen atoms in total. The van der Waals surface area contributed by atoms with Gasteiger partial charge < -0.3 is 10.8 Å². The molecule has 0 aliphatic heterocycles. The van der Waals surface area contributed by atoms with Crippen molar-refractivity contribution in [2.75, 3.05) is 6.67 Å². The van der Waals surface area contributed by atoms with Crippen LogP contribution >= 0.6 is 0 Å². The number of alkyl halides is 1. The molecular weight excluding hydrogens is 125 g/mol. The summed E-state index contributed by atoms with van der Waals surface area (Å²) >= 11 is 0. The van der Waals surface area contributed by atoms with Crippen LogP contribution in [0.2, 0.25) is 0 Å². The van der Waals surface area contributed by atoms with Crippen molar-refractivity contribution in [1.29, 1.82) is 0 Å². The maximum Gasteiger partial charge on any atom is 0.303 e. The molecule has 0 heterocycles. The maximum atomic E-state index is 11.5. The highest BCUT2D eigenvalue weighted by molar-refractivity contribution is 5.66. The van der Waals surface area contributed by atoms with Gasteiger partial charge in [0.2, 0.25) is 0 Å². The predicted molar refractivity (Wildman–Crippen MR) is 30.8 cm³/mol. The van der Waals surface area contributed by atoms with Gasteiger partial charge >= 0.3 is 5.97 Å². The van der Waals surface area contributed by atoms with E-state index < -0.39 is 18.7 Å². The number of hydrogen-bond donors (Lipinski definition) is 2. The monoisotopic (exact) mass is 135 g/mol. The van der Waals surface area contributed by atoms with E-state index >= 15 is 0 Å². The highest BCUT2D eigenvalue weighted by Gasteiger charge is 2.03. The minimum Gasteiger partial charge on any atom is -0.481 e. The van der Waals surface area contributed by atoms with Gasteiger partial charge in [0.25, 0.3) is 0 Å². The summed E-state index contributed by atoms with van der Waals surface area (Å²) in [7, 11) is 0. The fourth-order valence-electron chi connectivity index (χ4n) is 0.386. The van der Waals surface area contributed by atoms with E-state index in [-0.39, 0.29) is 12.8 Å². The molecule has 0 aromatic carbocycles. The molecule has 0 fully saturated rings. The van der Waals surface area contributed by atoms with E-state index in [0.29, 0.717) is 0 Å². The molecule has 0 saturated carbocycles. The van der Waals surface area contributed by atoms with Crippen LogP contribution < -0.4 is 5.73 Å². The van der Waals surface area contributed by atoms with Gasteiger partial charge in [-0.25, -0.2) is 4.39 Å². The topological polar surface area (TPSA) is 63.3 Å². The number of halogens is 1. The molecule has 1 atom stereocenters. The van der Waals surface area contributed by atoms with Gasteiger partial charge in [0.05, 0.1) is 0 Å². The van der Waals surface area contributed by atoms with Gasteiger partial charge in [0, 0.05) is 12.5 Å². The average Bonchev–Trinajstić information content (AvgIpc) is 1.83. The molecule has 0 amide bonds. The SMILES string of the molecule is N[C@@H](CF)CCC(=O)O. The van der Waals surface area contributed by atoms with Crippen LogP contribution in [0.25, 0.3) is 0 Å². The number of nitrogens with two attached hydrogens (primary N) is 1. The predicted octanol–water partition coefficient (Wildman–Crippen LogP) is 0.148. The smallest absolute Gasteiger partial charge is 0.303 e. The first kappa shape index (κ1) is 8.36. The van der Waals surface area contributed by atoms with E-state index in [1.54, 1.807) is 0 Å². The molecule has 4 heteroatoms. The van der Waals surface area contributed by atoms with Gasteiger partial charge in [-0.05, 0) is 6.42 Å². The quantitative estimate of drug-likeness (QED) is 0.576. The first-order chi connectivity index (χ1) is 4.16. The minimum atomic E-state index is -0.932. The third-order valence-electron chi connectivity index (χ3n) is 0.927. The Morgan fingerprint density at radius 2 is 2.33 bits per heavy atom. The fourth-order valence-corrected chi connectivity index (χ4v) is 0.386. The Morgan fingerprint density at radius 3 is 2.67 bits per heavy atom. The van der Waals surface area contributed by atoms with Crippen LogP contribution in [0.3, 0.4) is 0 Å². The Bertz CT molecular complexity index is 97.0. The largest absolute Gasteiger partial charge is 0.481 e. The number of carboxylic acid groups (broad SMARTS) is 1. The summed E-state index contributed by atoms with van der Waals surface area (Å²) in [4.78, 5) is 9.84. The third-order valence-corrected chi connectivity index (χ3v) is 0.927. The van der Waals surface area contributed by atoms with Crippen molar-refractivity contribution >= 4 is 5.97 Å². The average molecular weight is 135 g/mol. The third kappa shape index (κ3) is 5.23. The standard InChI is InChI=1S/C5H10FNO2/c6-3-4(7)1-2-5(8)9/h4H,1-3,7H2,(H,8,9)/t4-/m1/s1. The molecule has 0 saturated heterocycles. The van der Waals surface area contributed by atoms with E-state index in [4.69, 9.17) is 10.8 Å². The molecule has 0 aromatic rings. The van der Waals surface area contributed by atoms with Crippen LogP contribution in [-0.4, -0.2) is 23.8 Å². The summed E-state index contributed by atoms with van der Waals surface area (Å²) in [6.07, 6.45) is 0.164. The van der Waals surface area contributed by atoms with Gasteiger partial charge in [0.1, 0.15) is 6.67 Å². The molecule has 3 N–H and O–H groups in total. The molecule has 0 spiro atoms. The molecular formula is C5H10FNO2. The van der Waals surface area contributed by atoms with Crippen molar-refractivity contribution in [3.8, 4) is 0 Å². The number of carbonyl (C=O) groups is 1. The highest BCUT2D eigenvalue weighted by Crippen LogP contribution is 1.93. The minimum absolute atomic E-state index is 0.0505. The van der Waals surface area contributed by atoms with E-state index in [2.05, 4.69) is 0 Å². The van der Waals surface area contributed by atoms with Gasteiger partial charge in [-0.15, -0.1) is 0 Å². The molecule has 0 bridgehead atoms. The molecule has 0 aliphatic rings. The van der Waals surface area contributed by atoms with Crippen molar-refractivity contribution in [3.05, 3.63) is 0 Å². The lowest BCUT2D eigenvalue weighted by Gasteiger charge is -2.01. The lowest BCUT2D eigenvalue weighted by Crippen LogP contribution is -2.22. The Hall–Kier alpha value is -0.640. The van der Waals surface area contributed by atoms with Gasteiger partial charge in [-0.1, -0.05) is 0 Å². The van der Waals surface area contributed by atoms with Crippen LogP contribution in [0.15, 0.2) is 0 Å². The molecule has 0 unspecified atom stereocenters. The second-order valence-electron chi connectivity index (χ2n) is 1.85. The summed E-state index contributed by atoms with van der Waals surface area (Å²) in [6, 6.07) is -0.610. The van der Waals surface area contributed by atoms with Crippen molar-refractivity contribution in [3.63, 3.8) is 0 Å². The number of rotatable bonds is 4. The molecule has 54 valence electrons. The maximum absolute atomic E-state index is 11.5. The van der Waals surface area contributed by atoms with Crippen molar-refractivity contribution < 1.29 is 14.3 Å². The Balaban J connectivity index is 3.16. The summed E-state index contributed by atoms with van der Waals surface area (Å²) in [5.74, 6) is -0.932.